The molecule has 1 heterocycles. The number of aromatic nitrogens is 1. The Hall–Kier alpha value is -2.53. The summed E-state index contributed by atoms with van der Waals surface area (Å²) in [5.74, 6) is 0.681. The lowest BCUT2D eigenvalue weighted by Gasteiger charge is -2.22. The van der Waals surface area contributed by atoms with Crippen molar-refractivity contribution in [3.63, 3.8) is 0 Å². The van der Waals surface area contributed by atoms with Gasteiger partial charge in [-0.1, -0.05) is 72.4 Å². The third-order valence-electron chi connectivity index (χ3n) is 3.84. The van der Waals surface area contributed by atoms with Crippen LogP contribution in [0.2, 0.25) is 0 Å². The molecule has 27 heavy (non-hydrogen) atoms. The van der Waals surface area contributed by atoms with Crippen molar-refractivity contribution in [1.82, 2.24) is 10.3 Å². The number of nitrogens with zero attached hydrogens (tertiary/aromatic N) is 1. The number of carbonyl (C=O) groups is 1. The summed E-state index contributed by atoms with van der Waals surface area (Å²) in [6.45, 7) is 7.76. The first-order chi connectivity index (χ1) is 12.8. The molecule has 140 valence electrons. The molecule has 0 bridgehead atoms. The van der Waals surface area contributed by atoms with E-state index in [1.807, 2.05) is 88.4 Å². The molecule has 1 N–H and O–H groups in total. The van der Waals surface area contributed by atoms with E-state index in [1.165, 1.54) is 11.8 Å². The first-order valence-corrected chi connectivity index (χ1v) is 9.82. The maximum atomic E-state index is 12.4. The molecule has 0 spiro atoms. The Kier molecular flexibility index (Phi) is 5.71. The smallest absolute Gasteiger partial charge is 0.257 e. The predicted molar refractivity (Wildman–Crippen MR) is 111 cm³/mol. The zero-order chi connectivity index (χ0) is 19.4. The Labute approximate surface area is 164 Å². The highest BCUT2D eigenvalue weighted by molar-refractivity contribution is 8.00. The maximum absolute atomic E-state index is 12.4. The van der Waals surface area contributed by atoms with E-state index in [0.717, 1.165) is 16.8 Å². The molecule has 0 aliphatic rings. The van der Waals surface area contributed by atoms with Crippen LogP contribution in [0, 0.1) is 0 Å². The Balaban J connectivity index is 1.91. The van der Waals surface area contributed by atoms with Crippen molar-refractivity contribution in [3.05, 3.63) is 60.7 Å². The van der Waals surface area contributed by atoms with Crippen LogP contribution in [0.15, 0.2) is 70.3 Å². The fourth-order valence-corrected chi connectivity index (χ4v) is 3.35. The van der Waals surface area contributed by atoms with Crippen molar-refractivity contribution in [1.29, 1.82) is 0 Å². The number of oxazole rings is 1. The zero-order valence-electron chi connectivity index (χ0n) is 16.0. The third-order valence-corrected chi connectivity index (χ3v) is 4.78. The first kappa shape index (κ1) is 19.2. The van der Waals surface area contributed by atoms with Gasteiger partial charge in [0.05, 0.1) is 5.25 Å². The average molecular weight is 381 g/mol. The molecule has 3 aromatic rings. The topological polar surface area (TPSA) is 55.1 Å². The van der Waals surface area contributed by atoms with Crippen LogP contribution < -0.4 is 5.32 Å². The zero-order valence-corrected chi connectivity index (χ0v) is 16.8. The molecule has 1 atom stereocenters. The van der Waals surface area contributed by atoms with Gasteiger partial charge in [0.1, 0.15) is 5.69 Å². The highest BCUT2D eigenvalue weighted by Gasteiger charge is 2.24. The van der Waals surface area contributed by atoms with Crippen molar-refractivity contribution in [2.45, 2.75) is 43.7 Å². The van der Waals surface area contributed by atoms with Gasteiger partial charge in [-0.25, -0.2) is 4.98 Å². The molecule has 0 fully saturated rings. The molecule has 0 radical (unpaired) electrons. The molecule has 2 aromatic carbocycles. The maximum Gasteiger partial charge on any atom is 0.257 e. The number of hydrogen-bond donors (Lipinski definition) is 1. The normalized spacial score (nSPS) is 12.6. The summed E-state index contributed by atoms with van der Waals surface area (Å²) < 4.78 is 6.08. The summed E-state index contributed by atoms with van der Waals surface area (Å²) in [6.07, 6.45) is 0. The SMILES string of the molecule is C[C@@H](Sc1nc(-c2ccccc2)c(-c2ccccc2)o1)C(=O)NC(C)(C)C. The summed E-state index contributed by atoms with van der Waals surface area (Å²) in [4.78, 5) is 17.1. The van der Waals surface area contributed by atoms with Gasteiger partial charge in [-0.15, -0.1) is 0 Å². The summed E-state index contributed by atoms with van der Waals surface area (Å²) in [5, 5.41) is 3.17. The van der Waals surface area contributed by atoms with Crippen LogP contribution in [-0.2, 0) is 4.79 Å². The largest absolute Gasteiger partial charge is 0.431 e. The Morgan fingerprint density at radius 1 is 1.00 bits per heavy atom. The molecule has 3 rings (SSSR count). The van der Waals surface area contributed by atoms with E-state index in [0.29, 0.717) is 11.0 Å². The number of nitrogens with one attached hydrogen (secondary N) is 1. The lowest BCUT2D eigenvalue weighted by molar-refractivity contribution is -0.121. The Morgan fingerprint density at radius 2 is 1.56 bits per heavy atom. The molecule has 1 amide bonds. The number of thioether (sulfide) groups is 1. The lowest BCUT2D eigenvalue weighted by atomic mass is 10.1. The van der Waals surface area contributed by atoms with Gasteiger partial charge in [0.25, 0.3) is 5.22 Å². The molecule has 0 aliphatic heterocycles. The minimum Gasteiger partial charge on any atom is -0.431 e. The second-order valence-electron chi connectivity index (χ2n) is 7.39. The van der Waals surface area contributed by atoms with Crippen molar-refractivity contribution >= 4 is 17.7 Å². The Morgan fingerprint density at radius 3 is 2.11 bits per heavy atom. The van der Waals surface area contributed by atoms with Crippen LogP contribution in [0.4, 0.5) is 0 Å². The van der Waals surface area contributed by atoms with E-state index >= 15 is 0 Å². The lowest BCUT2D eigenvalue weighted by Crippen LogP contribution is -2.44. The third kappa shape index (κ3) is 5.01. The van der Waals surface area contributed by atoms with Gasteiger partial charge < -0.3 is 9.73 Å². The predicted octanol–water partition coefficient (Wildman–Crippen LogP) is 5.40. The first-order valence-electron chi connectivity index (χ1n) is 8.94. The van der Waals surface area contributed by atoms with Crippen LogP contribution in [0.3, 0.4) is 0 Å². The van der Waals surface area contributed by atoms with Gasteiger partial charge in [0, 0.05) is 16.7 Å². The molecule has 0 aliphatic carbocycles. The number of carbonyl (C=O) groups excluding carboxylic acids is 1. The number of amides is 1. The molecule has 1 aromatic heterocycles. The van der Waals surface area contributed by atoms with Crippen molar-refractivity contribution in [2.75, 3.05) is 0 Å². The summed E-state index contributed by atoms with van der Waals surface area (Å²) in [7, 11) is 0. The van der Waals surface area contributed by atoms with Gasteiger partial charge in [-0.3, -0.25) is 4.79 Å². The quantitative estimate of drug-likeness (QED) is 0.602. The van der Waals surface area contributed by atoms with E-state index in [2.05, 4.69) is 5.32 Å². The molecule has 0 saturated carbocycles. The molecule has 0 saturated heterocycles. The molecule has 5 heteroatoms. The molecule has 0 unspecified atom stereocenters. The van der Waals surface area contributed by atoms with Gasteiger partial charge in [-0.05, 0) is 27.7 Å². The van der Waals surface area contributed by atoms with Crippen LogP contribution in [0.25, 0.3) is 22.6 Å². The molecule has 4 nitrogen and oxygen atoms in total. The van der Waals surface area contributed by atoms with Crippen LogP contribution in [0.1, 0.15) is 27.7 Å². The fraction of sp³-hybridized carbons (Fsp3) is 0.273. The van der Waals surface area contributed by atoms with Gasteiger partial charge >= 0.3 is 0 Å². The fourth-order valence-electron chi connectivity index (χ4n) is 2.60. The van der Waals surface area contributed by atoms with E-state index in [4.69, 9.17) is 9.40 Å². The van der Waals surface area contributed by atoms with E-state index in [-0.39, 0.29) is 16.7 Å². The number of rotatable bonds is 5. The van der Waals surface area contributed by atoms with Gasteiger partial charge in [0.15, 0.2) is 5.76 Å². The van der Waals surface area contributed by atoms with E-state index in [9.17, 15) is 4.79 Å². The van der Waals surface area contributed by atoms with Gasteiger partial charge in [-0.2, -0.15) is 0 Å². The van der Waals surface area contributed by atoms with Crippen molar-refractivity contribution in [3.8, 4) is 22.6 Å². The van der Waals surface area contributed by atoms with Crippen LogP contribution in [0.5, 0.6) is 0 Å². The van der Waals surface area contributed by atoms with Crippen LogP contribution in [-0.4, -0.2) is 21.7 Å². The number of benzene rings is 2. The summed E-state index contributed by atoms with van der Waals surface area (Å²) in [5.41, 5.74) is 2.46. The summed E-state index contributed by atoms with van der Waals surface area (Å²) >= 11 is 1.33. The average Bonchev–Trinajstić information content (AvgIpc) is 3.05. The van der Waals surface area contributed by atoms with E-state index in [1.54, 1.807) is 0 Å². The molecular weight excluding hydrogens is 356 g/mol. The summed E-state index contributed by atoms with van der Waals surface area (Å²) in [6, 6.07) is 19.8. The highest BCUT2D eigenvalue weighted by atomic mass is 32.2. The second-order valence-corrected chi connectivity index (χ2v) is 8.68. The van der Waals surface area contributed by atoms with Crippen LogP contribution >= 0.6 is 11.8 Å². The molecular formula is C22H24N2O2S. The van der Waals surface area contributed by atoms with Crippen molar-refractivity contribution in [2.24, 2.45) is 0 Å². The number of hydrogen-bond acceptors (Lipinski definition) is 4. The van der Waals surface area contributed by atoms with E-state index < -0.39 is 0 Å². The minimum atomic E-state index is -0.310. The highest BCUT2D eigenvalue weighted by Crippen LogP contribution is 2.36. The minimum absolute atomic E-state index is 0.0341. The van der Waals surface area contributed by atoms with Gasteiger partial charge in [0.2, 0.25) is 5.91 Å². The second kappa shape index (κ2) is 8.01. The standard InChI is InChI=1S/C22H24N2O2S/c1-15(20(25)24-22(2,3)4)27-21-23-18(16-11-7-5-8-12-16)19(26-21)17-13-9-6-10-14-17/h5-15H,1-4H3,(H,24,25)/t15-/m1/s1. The van der Waals surface area contributed by atoms with Crippen molar-refractivity contribution < 1.29 is 9.21 Å². The Bertz CT molecular complexity index is 842. The monoisotopic (exact) mass is 380 g/mol.